The SMILES string of the molecule is COc1cc(NC(=O)COc2ccc(C(N)=O)cc2)cc(OC)c1. The van der Waals surface area contributed by atoms with Crippen molar-refractivity contribution < 1.29 is 23.8 Å². The fourth-order valence-corrected chi connectivity index (χ4v) is 1.94. The number of nitrogens with one attached hydrogen (secondary N) is 1. The molecule has 0 heterocycles. The van der Waals surface area contributed by atoms with Gasteiger partial charge >= 0.3 is 0 Å². The van der Waals surface area contributed by atoms with Gasteiger partial charge < -0.3 is 25.3 Å². The lowest BCUT2D eigenvalue weighted by Gasteiger charge is -2.10. The zero-order chi connectivity index (χ0) is 17.5. The summed E-state index contributed by atoms with van der Waals surface area (Å²) in [6.45, 7) is -0.185. The molecule has 0 aliphatic carbocycles. The Kier molecular flexibility index (Phi) is 5.62. The Morgan fingerprint density at radius 2 is 1.54 bits per heavy atom. The van der Waals surface area contributed by atoms with Crippen molar-refractivity contribution in [3.05, 3.63) is 48.0 Å². The molecule has 0 fully saturated rings. The van der Waals surface area contributed by atoms with Gasteiger partial charge in [-0.2, -0.15) is 0 Å². The summed E-state index contributed by atoms with van der Waals surface area (Å²) in [6, 6.07) is 11.2. The second-order valence-electron chi connectivity index (χ2n) is 4.83. The standard InChI is InChI=1S/C17H18N2O5/c1-22-14-7-12(8-15(9-14)23-2)19-16(20)10-24-13-5-3-11(4-6-13)17(18)21/h3-9H,10H2,1-2H3,(H2,18,21)(H,19,20). The first kappa shape index (κ1) is 17.1. The van der Waals surface area contributed by atoms with Crippen molar-refractivity contribution in [3.8, 4) is 17.2 Å². The van der Waals surface area contributed by atoms with E-state index in [4.69, 9.17) is 19.9 Å². The number of hydrogen-bond donors (Lipinski definition) is 2. The van der Waals surface area contributed by atoms with Crippen LogP contribution in [-0.4, -0.2) is 32.6 Å². The van der Waals surface area contributed by atoms with E-state index in [1.54, 1.807) is 30.3 Å². The first-order valence-corrected chi connectivity index (χ1v) is 7.07. The first-order chi connectivity index (χ1) is 11.5. The molecule has 2 aromatic rings. The minimum Gasteiger partial charge on any atom is -0.497 e. The van der Waals surface area contributed by atoms with Gasteiger partial charge in [-0.3, -0.25) is 9.59 Å². The first-order valence-electron chi connectivity index (χ1n) is 7.07. The third-order valence-electron chi connectivity index (χ3n) is 3.14. The molecule has 7 heteroatoms. The van der Waals surface area contributed by atoms with Crippen LogP contribution >= 0.6 is 0 Å². The maximum absolute atomic E-state index is 12.0. The molecule has 0 bridgehead atoms. The van der Waals surface area contributed by atoms with Gasteiger partial charge in [-0.1, -0.05) is 0 Å². The second-order valence-corrected chi connectivity index (χ2v) is 4.83. The fourth-order valence-electron chi connectivity index (χ4n) is 1.94. The van der Waals surface area contributed by atoms with Crippen molar-refractivity contribution in [2.75, 3.05) is 26.1 Å². The minimum absolute atomic E-state index is 0.185. The van der Waals surface area contributed by atoms with Crippen LogP contribution in [0.25, 0.3) is 0 Å². The lowest BCUT2D eigenvalue weighted by Crippen LogP contribution is -2.20. The summed E-state index contributed by atoms with van der Waals surface area (Å²) in [7, 11) is 3.05. The summed E-state index contributed by atoms with van der Waals surface area (Å²) in [5, 5.41) is 2.69. The zero-order valence-corrected chi connectivity index (χ0v) is 13.4. The molecule has 0 aliphatic rings. The average molecular weight is 330 g/mol. The van der Waals surface area contributed by atoms with Crippen LogP contribution in [0, 0.1) is 0 Å². The van der Waals surface area contributed by atoms with Crippen LogP contribution in [0.1, 0.15) is 10.4 Å². The summed E-state index contributed by atoms with van der Waals surface area (Å²) in [5.41, 5.74) is 6.06. The molecule has 2 aromatic carbocycles. The number of carbonyl (C=O) groups is 2. The van der Waals surface area contributed by atoms with Gasteiger partial charge in [0, 0.05) is 29.4 Å². The molecule has 0 saturated heterocycles. The van der Waals surface area contributed by atoms with E-state index < -0.39 is 5.91 Å². The van der Waals surface area contributed by atoms with Crippen LogP contribution in [0.4, 0.5) is 5.69 Å². The van der Waals surface area contributed by atoms with Gasteiger partial charge in [0.2, 0.25) is 5.91 Å². The summed E-state index contributed by atoms with van der Waals surface area (Å²) in [4.78, 5) is 23.0. The van der Waals surface area contributed by atoms with Crippen molar-refractivity contribution >= 4 is 17.5 Å². The fraction of sp³-hybridized carbons (Fsp3) is 0.176. The van der Waals surface area contributed by atoms with Gasteiger partial charge in [0.25, 0.3) is 5.91 Å². The van der Waals surface area contributed by atoms with E-state index >= 15 is 0 Å². The number of methoxy groups -OCH3 is 2. The Morgan fingerprint density at radius 3 is 2.04 bits per heavy atom. The Labute approximate surface area is 139 Å². The minimum atomic E-state index is -0.522. The van der Waals surface area contributed by atoms with E-state index in [1.807, 2.05) is 0 Å². The number of anilines is 1. The number of rotatable bonds is 7. The van der Waals surface area contributed by atoms with E-state index in [0.29, 0.717) is 28.5 Å². The normalized spacial score (nSPS) is 9.92. The summed E-state index contributed by atoms with van der Waals surface area (Å²) < 4.78 is 15.6. The average Bonchev–Trinajstić information content (AvgIpc) is 2.59. The van der Waals surface area contributed by atoms with Crippen LogP contribution in [0.5, 0.6) is 17.2 Å². The van der Waals surface area contributed by atoms with Crippen molar-refractivity contribution in [1.82, 2.24) is 0 Å². The Hall–Kier alpha value is -3.22. The van der Waals surface area contributed by atoms with Gasteiger partial charge in [-0.05, 0) is 24.3 Å². The molecule has 0 atom stereocenters. The van der Waals surface area contributed by atoms with Crippen LogP contribution < -0.4 is 25.3 Å². The summed E-state index contributed by atoms with van der Waals surface area (Å²) in [5.74, 6) is 0.717. The topological polar surface area (TPSA) is 99.9 Å². The number of primary amides is 1. The Morgan fingerprint density at radius 1 is 0.958 bits per heavy atom. The molecule has 0 radical (unpaired) electrons. The highest BCUT2D eigenvalue weighted by Gasteiger charge is 2.08. The molecule has 0 aliphatic heterocycles. The molecular weight excluding hydrogens is 312 g/mol. The number of amides is 2. The van der Waals surface area contributed by atoms with Crippen LogP contribution in [0.3, 0.4) is 0 Å². The monoisotopic (exact) mass is 330 g/mol. The molecule has 0 unspecified atom stereocenters. The molecule has 0 spiro atoms. The molecule has 2 rings (SSSR count). The maximum Gasteiger partial charge on any atom is 0.262 e. The van der Waals surface area contributed by atoms with Crippen molar-refractivity contribution in [2.24, 2.45) is 5.73 Å². The van der Waals surface area contributed by atoms with Gasteiger partial charge in [0.05, 0.1) is 14.2 Å². The van der Waals surface area contributed by atoms with Crippen LogP contribution in [0.15, 0.2) is 42.5 Å². The lowest BCUT2D eigenvalue weighted by molar-refractivity contribution is -0.118. The van der Waals surface area contributed by atoms with Crippen molar-refractivity contribution in [3.63, 3.8) is 0 Å². The molecule has 7 nitrogen and oxygen atoms in total. The number of benzene rings is 2. The zero-order valence-electron chi connectivity index (χ0n) is 13.4. The van der Waals surface area contributed by atoms with Crippen LogP contribution in [0.2, 0.25) is 0 Å². The third kappa shape index (κ3) is 4.64. The predicted octanol–water partition coefficient (Wildman–Crippen LogP) is 1.82. The molecule has 126 valence electrons. The van der Waals surface area contributed by atoms with E-state index in [-0.39, 0.29) is 12.5 Å². The van der Waals surface area contributed by atoms with Crippen molar-refractivity contribution in [1.29, 1.82) is 0 Å². The number of hydrogen-bond acceptors (Lipinski definition) is 5. The van der Waals surface area contributed by atoms with E-state index in [2.05, 4.69) is 5.32 Å². The second kappa shape index (κ2) is 7.87. The highest BCUT2D eigenvalue weighted by Crippen LogP contribution is 2.25. The molecule has 0 aromatic heterocycles. The van der Waals surface area contributed by atoms with E-state index in [9.17, 15) is 9.59 Å². The smallest absolute Gasteiger partial charge is 0.262 e. The molecule has 2 amide bonds. The highest BCUT2D eigenvalue weighted by atomic mass is 16.5. The number of carbonyl (C=O) groups excluding carboxylic acids is 2. The Balaban J connectivity index is 1.94. The molecule has 24 heavy (non-hydrogen) atoms. The lowest BCUT2D eigenvalue weighted by atomic mass is 10.2. The molecule has 0 saturated carbocycles. The molecule has 3 N–H and O–H groups in total. The third-order valence-corrected chi connectivity index (χ3v) is 3.14. The number of ether oxygens (including phenoxy) is 3. The maximum atomic E-state index is 12.0. The summed E-state index contributed by atoms with van der Waals surface area (Å²) in [6.07, 6.45) is 0. The largest absolute Gasteiger partial charge is 0.497 e. The van der Waals surface area contributed by atoms with Gasteiger partial charge in [-0.15, -0.1) is 0 Å². The van der Waals surface area contributed by atoms with Gasteiger partial charge in [0.15, 0.2) is 6.61 Å². The van der Waals surface area contributed by atoms with E-state index in [1.165, 1.54) is 26.4 Å². The Bertz CT molecular complexity index is 706. The number of nitrogens with two attached hydrogens (primary N) is 1. The highest BCUT2D eigenvalue weighted by molar-refractivity contribution is 5.93. The quantitative estimate of drug-likeness (QED) is 0.806. The summed E-state index contributed by atoms with van der Waals surface area (Å²) >= 11 is 0. The predicted molar refractivity (Wildman–Crippen MR) is 88.6 cm³/mol. The van der Waals surface area contributed by atoms with Gasteiger partial charge in [0.1, 0.15) is 17.2 Å². The van der Waals surface area contributed by atoms with Crippen molar-refractivity contribution in [2.45, 2.75) is 0 Å². The van der Waals surface area contributed by atoms with Gasteiger partial charge in [-0.25, -0.2) is 0 Å². The van der Waals surface area contributed by atoms with E-state index in [0.717, 1.165) is 0 Å². The molecular formula is C17H18N2O5. The van der Waals surface area contributed by atoms with Crippen LogP contribution in [-0.2, 0) is 4.79 Å².